The van der Waals surface area contributed by atoms with Gasteiger partial charge in [0.05, 0.1) is 14.2 Å². The molecule has 0 unspecified atom stereocenters. The topological polar surface area (TPSA) is 44.5 Å². The molecule has 0 saturated carbocycles. The minimum absolute atomic E-state index is 0.458. The van der Waals surface area contributed by atoms with E-state index >= 15 is 0 Å². The molecule has 18 heavy (non-hydrogen) atoms. The Morgan fingerprint density at radius 2 is 1.83 bits per heavy atom. The first-order chi connectivity index (χ1) is 8.67. The van der Waals surface area contributed by atoms with Crippen LogP contribution in [0.5, 0.6) is 11.5 Å². The molecule has 2 aromatic rings. The maximum absolute atomic E-state index is 6.22. The molecule has 2 aromatic carbocycles. The Morgan fingerprint density at radius 1 is 1.06 bits per heavy atom. The SMILES string of the molecule is COc1ccc(-c2cccc(N)c2)c(OC)c1Cl. The maximum atomic E-state index is 6.22. The Bertz CT molecular complexity index is 570. The summed E-state index contributed by atoms with van der Waals surface area (Å²) >= 11 is 6.22. The number of hydrogen-bond acceptors (Lipinski definition) is 3. The van der Waals surface area contributed by atoms with E-state index in [1.165, 1.54) is 0 Å². The van der Waals surface area contributed by atoms with Crippen molar-refractivity contribution in [2.75, 3.05) is 20.0 Å². The number of benzene rings is 2. The highest BCUT2D eigenvalue weighted by atomic mass is 35.5. The van der Waals surface area contributed by atoms with Gasteiger partial charge < -0.3 is 15.2 Å². The molecule has 3 nitrogen and oxygen atoms in total. The molecule has 0 bridgehead atoms. The zero-order chi connectivity index (χ0) is 13.1. The molecular formula is C14H14ClNO2. The lowest BCUT2D eigenvalue weighted by molar-refractivity contribution is 0.396. The van der Waals surface area contributed by atoms with Crippen molar-refractivity contribution < 1.29 is 9.47 Å². The molecule has 0 saturated heterocycles. The third-order valence-electron chi connectivity index (χ3n) is 2.68. The molecule has 0 radical (unpaired) electrons. The molecule has 0 fully saturated rings. The van der Waals surface area contributed by atoms with Crippen molar-refractivity contribution in [1.82, 2.24) is 0 Å². The zero-order valence-electron chi connectivity index (χ0n) is 10.2. The van der Waals surface area contributed by atoms with E-state index in [1.807, 2.05) is 36.4 Å². The molecule has 0 aliphatic heterocycles. The fourth-order valence-electron chi connectivity index (χ4n) is 1.83. The normalized spacial score (nSPS) is 10.2. The highest BCUT2D eigenvalue weighted by molar-refractivity contribution is 6.34. The van der Waals surface area contributed by atoms with Crippen molar-refractivity contribution in [3.8, 4) is 22.6 Å². The minimum Gasteiger partial charge on any atom is -0.495 e. The van der Waals surface area contributed by atoms with Gasteiger partial charge in [-0.3, -0.25) is 0 Å². The summed E-state index contributed by atoms with van der Waals surface area (Å²) in [7, 11) is 3.15. The van der Waals surface area contributed by atoms with E-state index in [9.17, 15) is 0 Å². The van der Waals surface area contributed by atoms with Gasteiger partial charge in [-0.15, -0.1) is 0 Å². The second-order valence-electron chi connectivity index (χ2n) is 3.79. The average molecular weight is 264 g/mol. The average Bonchev–Trinajstić information content (AvgIpc) is 2.38. The Balaban J connectivity index is 2.61. The van der Waals surface area contributed by atoms with E-state index in [-0.39, 0.29) is 0 Å². The van der Waals surface area contributed by atoms with Crippen LogP contribution in [-0.4, -0.2) is 14.2 Å². The number of nitrogen functional groups attached to an aromatic ring is 1. The number of halogens is 1. The van der Waals surface area contributed by atoms with Gasteiger partial charge >= 0.3 is 0 Å². The molecule has 0 aromatic heterocycles. The summed E-state index contributed by atoms with van der Waals surface area (Å²) in [6.07, 6.45) is 0. The van der Waals surface area contributed by atoms with Gasteiger partial charge in [-0.25, -0.2) is 0 Å². The van der Waals surface area contributed by atoms with E-state index in [4.69, 9.17) is 26.8 Å². The van der Waals surface area contributed by atoms with Gasteiger partial charge in [-0.2, -0.15) is 0 Å². The molecule has 0 atom stereocenters. The van der Waals surface area contributed by atoms with Crippen LogP contribution in [0, 0.1) is 0 Å². The largest absolute Gasteiger partial charge is 0.495 e. The van der Waals surface area contributed by atoms with Crippen LogP contribution in [0.25, 0.3) is 11.1 Å². The number of nitrogens with two attached hydrogens (primary N) is 1. The van der Waals surface area contributed by atoms with Crippen molar-refractivity contribution in [2.24, 2.45) is 0 Å². The maximum Gasteiger partial charge on any atom is 0.149 e. The van der Waals surface area contributed by atoms with Gasteiger partial charge in [0.1, 0.15) is 16.5 Å². The molecule has 4 heteroatoms. The van der Waals surface area contributed by atoms with Crippen LogP contribution in [0.3, 0.4) is 0 Å². The lowest BCUT2D eigenvalue weighted by Gasteiger charge is -2.13. The quantitative estimate of drug-likeness (QED) is 0.861. The number of ether oxygens (including phenoxy) is 2. The monoisotopic (exact) mass is 263 g/mol. The van der Waals surface area contributed by atoms with Crippen molar-refractivity contribution in [3.63, 3.8) is 0 Å². The molecule has 0 spiro atoms. The smallest absolute Gasteiger partial charge is 0.149 e. The van der Waals surface area contributed by atoms with Gasteiger partial charge in [0.15, 0.2) is 0 Å². The van der Waals surface area contributed by atoms with Crippen LogP contribution < -0.4 is 15.2 Å². The zero-order valence-corrected chi connectivity index (χ0v) is 11.0. The van der Waals surface area contributed by atoms with Crippen LogP contribution >= 0.6 is 11.6 Å². The standard InChI is InChI=1S/C14H14ClNO2/c1-17-12-7-6-11(14(18-2)13(12)15)9-4-3-5-10(16)8-9/h3-8H,16H2,1-2H3. The number of rotatable bonds is 3. The van der Waals surface area contributed by atoms with E-state index in [2.05, 4.69) is 0 Å². The van der Waals surface area contributed by atoms with Crippen LogP contribution in [0.1, 0.15) is 0 Å². The van der Waals surface area contributed by atoms with E-state index in [0.717, 1.165) is 11.1 Å². The van der Waals surface area contributed by atoms with Crippen LogP contribution in [0.15, 0.2) is 36.4 Å². The highest BCUT2D eigenvalue weighted by Crippen LogP contribution is 2.41. The van der Waals surface area contributed by atoms with Crippen molar-refractivity contribution in [2.45, 2.75) is 0 Å². The molecule has 0 aliphatic carbocycles. The van der Waals surface area contributed by atoms with Crippen LogP contribution in [0.4, 0.5) is 5.69 Å². The summed E-state index contributed by atoms with van der Waals surface area (Å²) in [6, 6.07) is 11.3. The second-order valence-corrected chi connectivity index (χ2v) is 4.17. The molecule has 0 amide bonds. The van der Waals surface area contributed by atoms with Crippen molar-refractivity contribution >= 4 is 17.3 Å². The van der Waals surface area contributed by atoms with Crippen molar-refractivity contribution in [1.29, 1.82) is 0 Å². The highest BCUT2D eigenvalue weighted by Gasteiger charge is 2.14. The van der Waals surface area contributed by atoms with Gasteiger partial charge in [0, 0.05) is 11.3 Å². The number of hydrogen-bond donors (Lipinski definition) is 1. The number of methoxy groups -OCH3 is 2. The van der Waals surface area contributed by atoms with Gasteiger partial charge in [-0.1, -0.05) is 23.7 Å². The first-order valence-electron chi connectivity index (χ1n) is 5.43. The van der Waals surface area contributed by atoms with Crippen LogP contribution in [0.2, 0.25) is 5.02 Å². The summed E-state index contributed by atoms with van der Waals surface area (Å²) in [5.74, 6) is 1.17. The van der Waals surface area contributed by atoms with E-state index < -0.39 is 0 Å². The first-order valence-corrected chi connectivity index (χ1v) is 5.81. The van der Waals surface area contributed by atoms with Crippen molar-refractivity contribution in [3.05, 3.63) is 41.4 Å². The van der Waals surface area contributed by atoms with Gasteiger partial charge in [0.25, 0.3) is 0 Å². The Morgan fingerprint density at radius 3 is 2.44 bits per heavy atom. The van der Waals surface area contributed by atoms with Gasteiger partial charge in [0.2, 0.25) is 0 Å². The lowest BCUT2D eigenvalue weighted by Crippen LogP contribution is -1.93. The summed E-state index contributed by atoms with van der Waals surface area (Å²) in [4.78, 5) is 0. The third-order valence-corrected chi connectivity index (χ3v) is 3.04. The van der Waals surface area contributed by atoms with E-state index in [0.29, 0.717) is 22.2 Å². The molecule has 2 rings (SSSR count). The number of anilines is 1. The molecule has 2 N–H and O–H groups in total. The molecule has 94 valence electrons. The third kappa shape index (κ3) is 2.22. The van der Waals surface area contributed by atoms with Crippen LogP contribution in [-0.2, 0) is 0 Å². The Kier molecular flexibility index (Phi) is 3.63. The molecule has 0 aliphatic rings. The summed E-state index contributed by atoms with van der Waals surface area (Å²) in [5, 5.41) is 0.458. The fourth-order valence-corrected chi connectivity index (χ4v) is 2.15. The van der Waals surface area contributed by atoms with Gasteiger partial charge in [-0.05, 0) is 29.8 Å². The van der Waals surface area contributed by atoms with E-state index in [1.54, 1.807) is 14.2 Å². The Hall–Kier alpha value is -1.87. The summed E-state index contributed by atoms with van der Waals surface area (Å²) in [6.45, 7) is 0. The molecular weight excluding hydrogens is 250 g/mol. The minimum atomic E-state index is 0.458. The predicted octanol–water partition coefficient (Wildman–Crippen LogP) is 3.61. The predicted molar refractivity (Wildman–Crippen MR) is 74.4 cm³/mol. The first kappa shape index (κ1) is 12.6. The second kappa shape index (κ2) is 5.19. The lowest BCUT2D eigenvalue weighted by atomic mass is 10.0. The molecule has 0 heterocycles. The summed E-state index contributed by atoms with van der Waals surface area (Å²) in [5.41, 5.74) is 8.32. The fraction of sp³-hybridized carbons (Fsp3) is 0.143. The Labute approximate surface area is 111 Å². The summed E-state index contributed by atoms with van der Waals surface area (Å²) < 4.78 is 10.5.